The van der Waals surface area contributed by atoms with E-state index < -0.39 is 29.8 Å². The van der Waals surface area contributed by atoms with E-state index >= 15 is 0 Å². The lowest BCUT2D eigenvalue weighted by Gasteiger charge is -2.14. The zero-order valence-corrected chi connectivity index (χ0v) is 16.3. The van der Waals surface area contributed by atoms with Gasteiger partial charge >= 0.3 is 6.18 Å². The SMILES string of the molecule is COc1ccc(NC(=O)Cn2cccc(C(F)(F)F)c2=O)cc1OCc1cccnc1. The van der Waals surface area contributed by atoms with Crippen LogP contribution in [0.3, 0.4) is 0 Å². The molecule has 0 radical (unpaired) electrons. The molecule has 0 atom stereocenters. The molecular weight excluding hydrogens is 415 g/mol. The number of pyridine rings is 2. The minimum atomic E-state index is -4.80. The van der Waals surface area contributed by atoms with Crippen LogP contribution in [0.4, 0.5) is 18.9 Å². The van der Waals surface area contributed by atoms with Crippen molar-refractivity contribution >= 4 is 11.6 Å². The Morgan fingerprint density at radius 1 is 1.16 bits per heavy atom. The Morgan fingerprint density at radius 3 is 2.65 bits per heavy atom. The number of rotatable bonds is 7. The highest BCUT2D eigenvalue weighted by Crippen LogP contribution is 2.31. The molecule has 162 valence electrons. The van der Waals surface area contributed by atoms with Gasteiger partial charge < -0.3 is 19.4 Å². The number of benzene rings is 1. The Morgan fingerprint density at radius 2 is 1.97 bits per heavy atom. The molecule has 0 saturated heterocycles. The molecule has 0 saturated carbocycles. The van der Waals surface area contributed by atoms with Crippen molar-refractivity contribution in [2.45, 2.75) is 19.3 Å². The Bertz CT molecular complexity index is 1110. The van der Waals surface area contributed by atoms with E-state index in [4.69, 9.17) is 9.47 Å². The number of anilines is 1. The topological polar surface area (TPSA) is 82.5 Å². The minimum absolute atomic E-state index is 0.210. The van der Waals surface area contributed by atoms with Crippen LogP contribution in [0, 0.1) is 0 Å². The summed E-state index contributed by atoms with van der Waals surface area (Å²) in [4.78, 5) is 28.3. The minimum Gasteiger partial charge on any atom is -0.493 e. The van der Waals surface area contributed by atoms with E-state index in [1.807, 2.05) is 6.07 Å². The first-order valence-electron chi connectivity index (χ1n) is 9.04. The van der Waals surface area contributed by atoms with Crippen LogP contribution in [0.15, 0.2) is 65.8 Å². The van der Waals surface area contributed by atoms with Gasteiger partial charge in [0, 0.05) is 35.9 Å². The van der Waals surface area contributed by atoms with Crippen molar-refractivity contribution in [2.75, 3.05) is 12.4 Å². The number of hydrogen-bond donors (Lipinski definition) is 1. The molecule has 0 fully saturated rings. The Labute approximate surface area is 175 Å². The lowest BCUT2D eigenvalue weighted by Crippen LogP contribution is -2.31. The van der Waals surface area contributed by atoms with E-state index in [-0.39, 0.29) is 6.61 Å². The molecule has 0 aliphatic carbocycles. The zero-order valence-electron chi connectivity index (χ0n) is 16.3. The highest BCUT2D eigenvalue weighted by molar-refractivity contribution is 5.90. The first-order chi connectivity index (χ1) is 14.8. The lowest BCUT2D eigenvalue weighted by atomic mass is 10.2. The number of alkyl halides is 3. The van der Waals surface area contributed by atoms with Gasteiger partial charge in [0.2, 0.25) is 5.91 Å². The summed E-state index contributed by atoms with van der Waals surface area (Å²) in [5.74, 6) is 0.0983. The third-order valence-electron chi connectivity index (χ3n) is 4.20. The monoisotopic (exact) mass is 433 g/mol. The van der Waals surface area contributed by atoms with Gasteiger partial charge in [0.05, 0.1) is 7.11 Å². The van der Waals surface area contributed by atoms with Gasteiger partial charge in [-0.1, -0.05) is 6.07 Å². The van der Waals surface area contributed by atoms with Crippen LogP contribution in [0.25, 0.3) is 0 Å². The fourth-order valence-corrected chi connectivity index (χ4v) is 2.74. The van der Waals surface area contributed by atoms with E-state index in [1.54, 1.807) is 30.6 Å². The zero-order chi connectivity index (χ0) is 22.4. The maximum Gasteiger partial charge on any atom is 0.421 e. The van der Waals surface area contributed by atoms with Crippen LogP contribution in [0.1, 0.15) is 11.1 Å². The summed E-state index contributed by atoms with van der Waals surface area (Å²) >= 11 is 0. The average Bonchev–Trinajstić information content (AvgIpc) is 2.74. The molecule has 3 aromatic rings. The number of methoxy groups -OCH3 is 1. The molecule has 1 aromatic carbocycles. The predicted molar refractivity (Wildman–Crippen MR) is 106 cm³/mol. The van der Waals surface area contributed by atoms with Crippen molar-refractivity contribution in [1.82, 2.24) is 9.55 Å². The highest BCUT2D eigenvalue weighted by atomic mass is 19.4. The van der Waals surface area contributed by atoms with Crippen LogP contribution in [0.2, 0.25) is 0 Å². The molecule has 2 aromatic heterocycles. The number of aromatic nitrogens is 2. The quantitative estimate of drug-likeness (QED) is 0.617. The maximum atomic E-state index is 12.9. The first kappa shape index (κ1) is 21.9. The van der Waals surface area contributed by atoms with E-state index in [1.165, 1.54) is 13.2 Å². The van der Waals surface area contributed by atoms with E-state index in [0.717, 1.165) is 17.8 Å². The maximum absolute atomic E-state index is 12.9. The van der Waals surface area contributed by atoms with Gasteiger partial charge in [-0.05, 0) is 30.3 Å². The van der Waals surface area contributed by atoms with Gasteiger partial charge in [-0.15, -0.1) is 0 Å². The smallest absolute Gasteiger partial charge is 0.421 e. The molecule has 1 N–H and O–H groups in total. The van der Waals surface area contributed by atoms with E-state index in [0.29, 0.717) is 27.8 Å². The number of carbonyl (C=O) groups is 1. The summed E-state index contributed by atoms with van der Waals surface area (Å²) in [6.45, 7) is -0.373. The van der Waals surface area contributed by atoms with Gasteiger partial charge in [-0.2, -0.15) is 13.2 Å². The molecule has 10 heteroatoms. The van der Waals surface area contributed by atoms with Gasteiger partial charge in [-0.3, -0.25) is 14.6 Å². The third-order valence-corrected chi connectivity index (χ3v) is 4.20. The number of amides is 1. The Kier molecular flexibility index (Phi) is 6.58. The van der Waals surface area contributed by atoms with Crippen molar-refractivity contribution in [2.24, 2.45) is 0 Å². The molecule has 31 heavy (non-hydrogen) atoms. The second-order valence-electron chi connectivity index (χ2n) is 6.42. The lowest BCUT2D eigenvalue weighted by molar-refractivity contribution is -0.139. The summed E-state index contributed by atoms with van der Waals surface area (Å²) in [5, 5.41) is 2.54. The largest absolute Gasteiger partial charge is 0.493 e. The average molecular weight is 433 g/mol. The third kappa shape index (κ3) is 5.62. The molecule has 0 unspecified atom stereocenters. The van der Waals surface area contributed by atoms with Crippen molar-refractivity contribution in [1.29, 1.82) is 0 Å². The molecule has 0 aliphatic rings. The Hall–Kier alpha value is -3.82. The first-order valence-corrected chi connectivity index (χ1v) is 9.04. The van der Waals surface area contributed by atoms with Crippen LogP contribution in [0.5, 0.6) is 11.5 Å². The second kappa shape index (κ2) is 9.33. The number of ether oxygens (including phenoxy) is 2. The van der Waals surface area contributed by atoms with Crippen molar-refractivity contribution in [3.8, 4) is 11.5 Å². The highest BCUT2D eigenvalue weighted by Gasteiger charge is 2.34. The molecule has 3 rings (SSSR count). The van der Waals surface area contributed by atoms with Crippen molar-refractivity contribution in [3.05, 3.63) is 82.5 Å². The predicted octanol–water partition coefficient (Wildman–Crippen LogP) is 3.49. The molecule has 0 bridgehead atoms. The van der Waals surface area contributed by atoms with Gasteiger partial charge in [0.1, 0.15) is 18.7 Å². The van der Waals surface area contributed by atoms with Crippen LogP contribution < -0.4 is 20.3 Å². The Balaban J connectivity index is 1.72. The van der Waals surface area contributed by atoms with E-state index in [9.17, 15) is 22.8 Å². The fraction of sp³-hybridized carbons (Fsp3) is 0.190. The number of nitrogens with one attached hydrogen (secondary N) is 1. The number of halogens is 3. The summed E-state index contributed by atoms with van der Waals surface area (Å²) in [5.41, 5.74) is -1.48. The van der Waals surface area contributed by atoms with Gasteiger partial charge in [0.25, 0.3) is 5.56 Å². The molecule has 2 heterocycles. The summed E-state index contributed by atoms with van der Waals surface area (Å²) in [7, 11) is 1.46. The number of carbonyl (C=O) groups excluding carboxylic acids is 1. The van der Waals surface area contributed by atoms with Crippen LogP contribution in [-0.4, -0.2) is 22.6 Å². The van der Waals surface area contributed by atoms with Gasteiger partial charge in [-0.25, -0.2) is 0 Å². The molecule has 7 nitrogen and oxygen atoms in total. The number of nitrogens with zero attached hydrogens (tertiary/aromatic N) is 2. The van der Waals surface area contributed by atoms with E-state index in [2.05, 4.69) is 10.3 Å². The molecule has 1 amide bonds. The standard InChI is InChI=1S/C21H18F3N3O4/c1-30-17-7-6-15(10-18(17)31-13-14-4-2-8-25-11-14)26-19(28)12-27-9-3-5-16(20(27)29)21(22,23)24/h2-11H,12-13H2,1H3,(H,26,28). The summed E-state index contributed by atoms with van der Waals surface area (Å²) in [6.07, 6.45) is -0.401. The number of hydrogen-bond acceptors (Lipinski definition) is 5. The second-order valence-corrected chi connectivity index (χ2v) is 6.42. The summed E-state index contributed by atoms with van der Waals surface area (Å²) in [6, 6.07) is 9.97. The molecule has 0 spiro atoms. The summed E-state index contributed by atoms with van der Waals surface area (Å²) < 4.78 is 50.3. The molecular formula is C21H18F3N3O4. The van der Waals surface area contributed by atoms with Gasteiger partial charge in [0.15, 0.2) is 11.5 Å². The fourth-order valence-electron chi connectivity index (χ4n) is 2.74. The van der Waals surface area contributed by atoms with Crippen molar-refractivity contribution in [3.63, 3.8) is 0 Å². The molecule has 0 aliphatic heterocycles. The van der Waals surface area contributed by atoms with Crippen LogP contribution in [-0.2, 0) is 24.1 Å². The van der Waals surface area contributed by atoms with Crippen LogP contribution >= 0.6 is 0 Å². The van der Waals surface area contributed by atoms with Crippen molar-refractivity contribution < 1.29 is 27.4 Å². The normalized spacial score (nSPS) is 11.1.